The average molecular weight is 415 g/mol. The summed E-state index contributed by atoms with van der Waals surface area (Å²) in [5.74, 6) is -3.33. The second kappa shape index (κ2) is 11.3. The van der Waals surface area contributed by atoms with Crippen LogP contribution in [0.4, 0.5) is 0 Å². The molecular weight excluding hydrogens is 389 g/mol. The lowest BCUT2D eigenvalue weighted by atomic mass is 9.75. The molecule has 2 aromatic rings. The summed E-state index contributed by atoms with van der Waals surface area (Å²) in [6.45, 7) is 1.93. The van der Waals surface area contributed by atoms with Gasteiger partial charge >= 0.3 is 13.1 Å². The van der Waals surface area contributed by atoms with Crippen LogP contribution in [0.3, 0.4) is 0 Å². The van der Waals surface area contributed by atoms with Gasteiger partial charge < -0.3 is 36.6 Å². The first-order valence-corrected chi connectivity index (χ1v) is 9.50. The van der Waals surface area contributed by atoms with E-state index in [0.29, 0.717) is 19.6 Å². The number of benzene rings is 2. The molecule has 10 heteroatoms. The van der Waals surface area contributed by atoms with Crippen molar-refractivity contribution in [1.29, 1.82) is 0 Å². The van der Waals surface area contributed by atoms with Gasteiger partial charge in [0.15, 0.2) is 0 Å². The van der Waals surface area contributed by atoms with E-state index >= 15 is 0 Å². The summed E-state index contributed by atoms with van der Waals surface area (Å²) in [5, 5.41) is 44.1. The molecule has 160 valence electrons. The number of nitrogens with one attached hydrogen (secondary N) is 2. The lowest BCUT2D eigenvalue weighted by molar-refractivity contribution is -0.120. The Balaban J connectivity index is 1.99. The van der Waals surface area contributed by atoms with Gasteiger partial charge in [-0.1, -0.05) is 36.4 Å². The minimum atomic E-state index is -1.89. The number of para-hydroxylation sites is 1. The number of carboxylic acids is 1. The van der Waals surface area contributed by atoms with Crippen molar-refractivity contribution in [2.24, 2.45) is 5.73 Å². The molecule has 1 atom stereocenters. The molecule has 0 saturated heterocycles. The maximum atomic E-state index is 12.4. The molecule has 0 radical (unpaired) electrons. The van der Waals surface area contributed by atoms with Gasteiger partial charge in [0.2, 0.25) is 5.91 Å². The van der Waals surface area contributed by atoms with Gasteiger partial charge in [0.25, 0.3) is 0 Å². The monoisotopic (exact) mass is 415 g/mol. The smallest absolute Gasteiger partial charge is 0.475 e. The van der Waals surface area contributed by atoms with E-state index in [0.717, 1.165) is 11.1 Å². The highest BCUT2D eigenvalue weighted by atomic mass is 16.4. The van der Waals surface area contributed by atoms with Gasteiger partial charge in [-0.25, -0.2) is 4.79 Å². The summed E-state index contributed by atoms with van der Waals surface area (Å²) in [6.07, 6.45) is -0.122. The molecule has 1 amide bonds. The van der Waals surface area contributed by atoms with E-state index in [4.69, 9.17) is 10.8 Å². The number of hydrogen-bond donors (Lipinski definition) is 7. The molecule has 0 heterocycles. The van der Waals surface area contributed by atoms with Gasteiger partial charge in [0.1, 0.15) is 11.3 Å². The highest BCUT2D eigenvalue weighted by molar-refractivity contribution is 6.43. The van der Waals surface area contributed by atoms with Gasteiger partial charge in [-0.3, -0.25) is 4.79 Å². The Morgan fingerprint density at radius 3 is 2.33 bits per heavy atom. The highest BCUT2D eigenvalue weighted by Crippen LogP contribution is 2.24. The Bertz CT molecular complexity index is 860. The molecule has 30 heavy (non-hydrogen) atoms. The zero-order valence-corrected chi connectivity index (χ0v) is 16.4. The Kier molecular flexibility index (Phi) is 8.81. The summed E-state index contributed by atoms with van der Waals surface area (Å²) in [4.78, 5) is 23.5. The lowest BCUT2D eigenvalue weighted by Crippen LogP contribution is -2.48. The number of nitrogens with two attached hydrogens (primary N) is 1. The molecule has 2 aromatic carbocycles. The zero-order valence-electron chi connectivity index (χ0n) is 16.4. The number of carbonyl (C=O) groups excluding carboxylic acids is 1. The van der Waals surface area contributed by atoms with Gasteiger partial charge in [-0.15, -0.1) is 0 Å². The number of amides is 1. The van der Waals surface area contributed by atoms with E-state index in [2.05, 4.69) is 10.6 Å². The van der Waals surface area contributed by atoms with Crippen molar-refractivity contribution in [2.75, 3.05) is 13.1 Å². The van der Waals surface area contributed by atoms with Crippen molar-refractivity contribution in [3.63, 3.8) is 0 Å². The standard InChI is InChI=1S/C20H26BN3O6/c22-8-9-23-12-14-6-4-13(5-7-14)10-18(25)24-17(21(29)30)11-15-2-1-3-16(19(15)26)20(27)28/h1-7,17,23,26,29-30H,8-12,22H2,(H,24,25)(H,27,28)/t17-/m0/s1. The van der Waals surface area contributed by atoms with E-state index in [1.54, 1.807) is 0 Å². The largest absolute Gasteiger partial charge is 0.507 e. The molecule has 0 aromatic heterocycles. The maximum Gasteiger partial charge on any atom is 0.475 e. The van der Waals surface area contributed by atoms with Crippen LogP contribution < -0.4 is 16.4 Å². The summed E-state index contributed by atoms with van der Waals surface area (Å²) < 4.78 is 0. The second-order valence-corrected chi connectivity index (χ2v) is 6.87. The third kappa shape index (κ3) is 6.85. The number of carboxylic acid groups (broad SMARTS) is 1. The Morgan fingerprint density at radius 2 is 1.73 bits per heavy atom. The molecule has 0 aliphatic heterocycles. The number of aromatic carboxylic acids is 1. The molecule has 0 saturated carbocycles. The quantitative estimate of drug-likeness (QED) is 0.189. The fourth-order valence-corrected chi connectivity index (χ4v) is 2.95. The topological polar surface area (TPSA) is 165 Å². The van der Waals surface area contributed by atoms with Crippen molar-refractivity contribution in [3.8, 4) is 5.75 Å². The first kappa shape index (κ1) is 23.4. The maximum absolute atomic E-state index is 12.4. The van der Waals surface area contributed by atoms with Crippen LogP contribution in [0.5, 0.6) is 5.75 Å². The second-order valence-electron chi connectivity index (χ2n) is 6.87. The lowest BCUT2D eigenvalue weighted by Gasteiger charge is -2.19. The molecule has 2 rings (SSSR count). The van der Waals surface area contributed by atoms with Gasteiger partial charge in [0, 0.05) is 19.6 Å². The number of phenols is 1. The molecule has 9 nitrogen and oxygen atoms in total. The minimum absolute atomic E-state index is 0.0286. The van der Waals surface area contributed by atoms with Gasteiger partial charge in [-0.2, -0.15) is 0 Å². The number of carbonyl (C=O) groups is 2. The van der Waals surface area contributed by atoms with Crippen LogP contribution in [0.2, 0.25) is 0 Å². The third-order valence-corrected chi connectivity index (χ3v) is 4.53. The number of hydrogen-bond acceptors (Lipinski definition) is 7. The minimum Gasteiger partial charge on any atom is -0.507 e. The summed E-state index contributed by atoms with van der Waals surface area (Å²) in [5.41, 5.74) is 7.10. The van der Waals surface area contributed by atoms with Crippen molar-refractivity contribution in [3.05, 3.63) is 64.7 Å². The van der Waals surface area contributed by atoms with Crippen molar-refractivity contribution >= 4 is 19.0 Å². The van der Waals surface area contributed by atoms with Crippen LogP contribution in [0.1, 0.15) is 27.0 Å². The Morgan fingerprint density at radius 1 is 1.07 bits per heavy atom. The van der Waals surface area contributed by atoms with E-state index in [1.165, 1.54) is 18.2 Å². The SMILES string of the molecule is NCCNCc1ccc(CC(=O)N[C@@H](Cc2cccc(C(=O)O)c2O)B(O)O)cc1. The third-order valence-electron chi connectivity index (χ3n) is 4.53. The van der Waals surface area contributed by atoms with Gasteiger partial charge in [-0.05, 0) is 29.2 Å². The number of aromatic hydroxyl groups is 1. The Hall–Kier alpha value is -2.92. The zero-order chi connectivity index (χ0) is 22.1. The summed E-state index contributed by atoms with van der Waals surface area (Å²) >= 11 is 0. The van der Waals surface area contributed by atoms with Crippen LogP contribution in [0, 0.1) is 0 Å². The van der Waals surface area contributed by atoms with Crippen LogP contribution in [0.25, 0.3) is 0 Å². The molecule has 0 fully saturated rings. The van der Waals surface area contributed by atoms with E-state index in [1.807, 2.05) is 24.3 Å². The van der Waals surface area contributed by atoms with Crippen molar-refractivity contribution < 1.29 is 29.9 Å². The average Bonchev–Trinajstić information content (AvgIpc) is 2.70. The predicted molar refractivity (Wildman–Crippen MR) is 112 cm³/mol. The van der Waals surface area contributed by atoms with Crippen LogP contribution >= 0.6 is 0 Å². The van der Waals surface area contributed by atoms with Gasteiger partial charge in [0.05, 0.1) is 12.4 Å². The summed E-state index contributed by atoms with van der Waals surface area (Å²) in [7, 11) is -1.89. The van der Waals surface area contributed by atoms with Crippen LogP contribution in [-0.4, -0.2) is 58.3 Å². The fraction of sp³-hybridized carbons (Fsp3) is 0.300. The fourth-order valence-electron chi connectivity index (χ4n) is 2.95. The van der Waals surface area contributed by atoms with Crippen LogP contribution in [-0.2, 0) is 24.2 Å². The van der Waals surface area contributed by atoms with Crippen LogP contribution in [0.15, 0.2) is 42.5 Å². The number of rotatable bonds is 11. The van der Waals surface area contributed by atoms with Crippen molar-refractivity contribution in [2.45, 2.75) is 25.3 Å². The van der Waals surface area contributed by atoms with E-state index < -0.39 is 30.7 Å². The Labute approximate surface area is 174 Å². The molecule has 0 spiro atoms. The van der Waals surface area contributed by atoms with Crippen molar-refractivity contribution in [1.82, 2.24) is 10.6 Å². The molecule has 0 unspecified atom stereocenters. The highest BCUT2D eigenvalue weighted by Gasteiger charge is 2.27. The molecule has 8 N–H and O–H groups in total. The first-order valence-electron chi connectivity index (χ1n) is 9.50. The summed E-state index contributed by atoms with van der Waals surface area (Å²) in [6, 6.07) is 11.5. The molecule has 0 aliphatic carbocycles. The van der Waals surface area contributed by atoms with E-state index in [-0.39, 0.29) is 24.0 Å². The predicted octanol–water partition coefficient (Wildman–Crippen LogP) is -0.579. The van der Waals surface area contributed by atoms with E-state index in [9.17, 15) is 24.7 Å². The first-order chi connectivity index (χ1) is 14.3. The normalized spacial score (nSPS) is 11.7. The molecule has 0 bridgehead atoms. The molecule has 0 aliphatic rings. The molecular formula is C20H26BN3O6.